The van der Waals surface area contributed by atoms with Gasteiger partial charge < -0.3 is 20.3 Å². The number of halogens is 1. The summed E-state index contributed by atoms with van der Waals surface area (Å²) in [6.45, 7) is 9.96. The van der Waals surface area contributed by atoms with Crippen LogP contribution in [0.1, 0.15) is 46.0 Å². The molecule has 2 N–H and O–H groups in total. The minimum Gasteiger partial charge on any atom is -0.383 e. The molecular formula is C16H37IN4O. The van der Waals surface area contributed by atoms with E-state index in [-0.39, 0.29) is 24.0 Å². The van der Waals surface area contributed by atoms with Crippen LogP contribution in [0.4, 0.5) is 0 Å². The molecule has 0 spiro atoms. The van der Waals surface area contributed by atoms with Gasteiger partial charge in [0.2, 0.25) is 0 Å². The van der Waals surface area contributed by atoms with E-state index in [1.165, 1.54) is 25.7 Å². The van der Waals surface area contributed by atoms with E-state index in [2.05, 4.69) is 41.4 Å². The van der Waals surface area contributed by atoms with Crippen LogP contribution in [0.2, 0.25) is 0 Å². The minimum absolute atomic E-state index is 0. The number of nitrogens with zero attached hydrogens (tertiary/aromatic N) is 2. The van der Waals surface area contributed by atoms with Gasteiger partial charge in [0.05, 0.1) is 6.61 Å². The highest BCUT2D eigenvalue weighted by molar-refractivity contribution is 14.0. The zero-order valence-corrected chi connectivity index (χ0v) is 17.3. The lowest BCUT2D eigenvalue weighted by Gasteiger charge is -2.15. The predicted octanol–water partition coefficient (Wildman–Crippen LogP) is 2.71. The van der Waals surface area contributed by atoms with E-state index in [4.69, 9.17) is 4.74 Å². The van der Waals surface area contributed by atoms with Crippen molar-refractivity contribution in [2.24, 2.45) is 4.99 Å². The monoisotopic (exact) mass is 428 g/mol. The maximum absolute atomic E-state index is 5.07. The first-order valence-electron chi connectivity index (χ1n) is 8.44. The number of aliphatic imine (C=N–C) groups is 1. The summed E-state index contributed by atoms with van der Waals surface area (Å²) >= 11 is 0. The van der Waals surface area contributed by atoms with E-state index in [1.807, 2.05) is 0 Å². The Morgan fingerprint density at radius 3 is 2.45 bits per heavy atom. The molecule has 134 valence electrons. The number of nitrogens with one attached hydrogen (secondary N) is 2. The van der Waals surface area contributed by atoms with Crippen LogP contribution < -0.4 is 10.6 Å². The van der Waals surface area contributed by atoms with Crippen LogP contribution in [0, 0.1) is 0 Å². The van der Waals surface area contributed by atoms with Crippen LogP contribution in [0.5, 0.6) is 0 Å². The highest BCUT2D eigenvalue weighted by Crippen LogP contribution is 1.97. The zero-order valence-electron chi connectivity index (χ0n) is 15.0. The van der Waals surface area contributed by atoms with E-state index in [0.717, 1.165) is 51.7 Å². The molecule has 0 aliphatic rings. The molecule has 0 aromatic rings. The molecule has 0 saturated carbocycles. The van der Waals surface area contributed by atoms with Gasteiger partial charge in [-0.2, -0.15) is 0 Å². The van der Waals surface area contributed by atoms with Gasteiger partial charge >= 0.3 is 0 Å². The Balaban J connectivity index is 0. The van der Waals surface area contributed by atoms with Crippen LogP contribution in [0.15, 0.2) is 4.99 Å². The molecular weight excluding hydrogens is 391 g/mol. The van der Waals surface area contributed by atoms with Gasteiger partial charge in [0, 0.05) is 33.3 Å². The minimum atomic E-state index is 0. The van der Waals surface area contributed by atoms with Gasteiger partial charge in [-0.05, 0) is 33.4 Å². The van der Waals surface area contributed by atoms with Gasteiger partial charge in [-0.15, -0.1) is 24.0 Å². The highest BCUT2D eigenvalue weighted by atomic mass is 127. The van der Waals surface area contributed by atoms with Crippen molar-refractivity contribution in [3.63, 3.8) is 0 Å². The van der Waals surface area contributed by atoms with E-state index in [9.17, 15) is 0 Å². The molecule has 0 aromatic carbocycles. The van der Waals surface area contributed by atoms with E-state index in [0.29, 0.717) is 0 Å². The average molecular weight is 428 g/mol. The Morgan fingerprint density at radius 2 is 1.82 bits per heavy atom. The summed E-state index contributed by atoms with van der Waals surface area (Å²) in [5.41, 5.74) is 0. The standard InChI is InChI=1S/C16H36N4O.HI/c1-5-7-8-9-11-18-16(17-6-2)19-12-10-13-20(3)14-15-21-4;/h5-15H2,1-4H3,(H2,17,18,19);1H. The number of methoxy groups -OCH3 is 1. The topological polar surface area (TPSA) is 48.9 Å². The number of likely N-dealkylation sites (N-methyl/N-ethyl adjacent to an activating group) is 1. The molecule has 0 saturated heterocycles. The van der Waals surface area contributed by atoms with Crippen LogP contribution in [0.3, 0.4) is 0 Å². The molecule has 22 heavy (non-hydrogen) atoms. The van der Waals surface area contributed by atoms with Gasteiger partial charge in [0.1, 0.15) is 0 Å². The summed E-state index contributed by atoms with van der Waals surface area (Å²) in [5.74, 6) is 0.952. The Kier molecular flexibility index (Phi) is 20.8. The lowest BCUT2D eigenvalue weighted by atomic mass is 10.2. The zero-order chi connectivity index (χ0) is 15.8. The molecule has 0 bridgehead atoms. The van der Waals surface area contributed by atoms with Crippen LogP contribution in [0.25, 0.3) is 0 Å². The number of hydrogen-bond donors (Lipinski definition) is 2. The predicted molar refractivity (Wildman–Crippen MR) is 108 cm³/mol. The second kappa shape index (κ2) is 19.0. The van der Waals surface area contributed by atoms with Crippen molar-refractivity contribution in [3.8, 4) is 0 Å². The van der Waals surface area contributed by atoms with Gasteiger partial charge in [0.15, 0.2) is 5.96 Å². The number of rotatable bonds is 13. The molecule has 0 amide bonds. The second-order valence-corrected chi connectivity index (χ2v) is 5.40. The smallest absolute Gasteiger partial charge is 0.191 e. The number of unbranched alkanes of at least 4 members (excludes halogenated alkanes) is 3. The molecule has 0 rings (SSSR count). The lowest BCUT2D eigenvalue weighted by Crippen LogP contribution is -2.38. The molecule has 0 unspecified atom stereocenters. The maximum atomic E-state index is 5.07. The maximum Gasteiger partial charge on any atom is 0.191 e. The average Bonchev–Trinajstić information content (AvgIpc) is 2.49. The summed E-state index contributed by atoms with van der Waals surface area (Å²) in [7, 11) is 3.87. The van der Waals surface area contributed by atoms with Gasteiger partial charge in [-0.1, -0.05) is 26.2 Å². The highest BCUT2D eigenvalue weighted by Gasteiger charge is 1.99. The van der Waals surface area contributed by atoms with Crippen molar-refractivity contribution in [1.82, 2.24) is 15.5 Å². The summed E-state index contributed by atoms with van der Waals surface area (Å²) < 4.78 is 5.07. The third-order valence-corrected chi connectivity index (χ3v) is 3.31. The fraction of sp³-hybridized carbons (Fsp3) is 0.938. The van der Waals surface area contributed by atoms with Crippen molar-refractivity contribution in [3.05, 3.63) is 0 Å². The van der Waals surface area contributed by atoms with Gasteiger partial charge in [0.25, 0.3) is 0 Å². The molecule has 0 atom stereocenters. The second-order valence-electron chi connectivity index (χ2n) is 5.40. The molecule has 0 fully saturated rings. The molecule has 0 aliphatic carbocycles. The largest absolute Gasteiger partial charge is 0.383 e. The molecule has 0 aromatic heterocycles. The Hall–Kier alpha value is -0.0800. The molecule has 5 nitrogen and oxygen atoms in total. The first-order chi connectivity index (χ1) is 10.2. The number of hydrogen-bond acceptors (Lipinski definition) is 3. The first-order valence-corrected chi connectivity index (χ1v) is 8.44. The van der Waals surface area contributed by atoms with E-state index < -0.39 is 0 Å². The van der Waals surface area contributed by atoms with Crippen LogP contribution >= 0.6 is 24.0 Å². The van der Waals surface area contributed by atoms with Gasteiger partial charge in [-0.25, -0.2) is 0 Å². The summed E-state index contributed by atoms with van der Waals surface area (Å²) in [6, 6.07) is 0. The fourth-order valence-electron chi connectivity index (χ4n) is 1.99. The quantitative estimate of drug-likeness (QED) is 0.205. The summed E-state index contributed by atoms with van der Waals surface area (Å²) in [4.78, 5) is 6.90. The lowest BCUT2D eigenvalue weighted by molar-refractivity contribution is 0.161. The van der Waals surface area contributed by atoms with Crippen molar-refractivity contribution < 1.29 is 4.74 Å². The van der Waals surface area contributed by atoms with Crippen molar-refractivity contribution in [1.29, 1.82) is 0 Å². The van der Waals surface area contributed by atoms with Crippen molar-refractivity contribution in [2.45, 2.75) is 46.0 Å². The number of ether oxygens (including phenoxy) is 1. The normalized spacial score (nSPS) is 11.4. The molecule has 0 aliphatic heterocycles. The Labute approximate surface area is 154 Å². The molecule has 6 heteroatoms. The summed E-state index contributed by atoms with van der Waals surface area (Å²) in [5, 5.41) is 6.71. The Morgan fingerprint density at radius 1 is 1.05 bits per heavy atom. The number of guanidine groups is 1. The van der Waals surface area contributed by atoms with E-state index >= 15 is 0 Å². The van der Waals surface area contributed by atoms with Crippen LogP contribution in [-0.2, 0) is 4.74 Å². The molecule has 0 radical (unpaired) electrons. The molecule has 0 heterocycles. The van der Waals surface area contributed by atoms with Gasteiger partial charge in [-0.3, -0.25) is 4.99 Å². The fourth-order valence-corrected chi connectivity index (χ4v) is 1.99. The van der Waals surface area contributed by atoms with Crippen molar-refractivity contribution >= 4 is 29.9 Å². The SMILES string of the molecule is CCCCCCNC(=NCCCN(C)CCOC)NCC.I. The first kappa shape index (κ1) is 24.2. The van der Waals surface area contributed by atoms with Crippen LogP contribution in [-0.4, -0.2) is 64.3 Å². The van der Waals surface area contributed by atoms with E-state index in [1.54, 1.807) is 7.11 Å². The summed E-state index contributed by atoms with van der Waals surface area (Å²) in [6.07, 6.45) is 6.20. The third-order valence-electron chi connectivity index (χ3n) is 3.31. The Bertz CT molecular complexity index is 252. The van der Waals surface area contributed by atoms with Crippen molar-refractivity contribution in [2.75, 3.05) is 53.5 Å². The third kappa shape index (κ3) is 16.3.